The number of fused-ring (bicyclic) bond motifs is 1. The molecule has 0 aliphatic carbocycles. The number of hydrogen-bond acceptors (Lipinski definition) is 5. The van der Waals surface area contributed by atoms with Gasteiger partial charge in [0, 0.05) is 36.3 Å². The van der Waals surface area contributed by atoms with E-state index in [1.54, 1.807) is 12.1 Å². The third kappa shape index (κ3) is 5.06. The van der Waals surface area contributed by atoms with E-state index in [1.807, 2.05) is 12.1 Å². The van der Waals surface area contributed by atoms with Crippen LogP contribution in [0.15, 0.2) is 48.3 Å². The molecule has 8 heteroatoms. The minimum atomic E-state index is -0.477. The number of piperidine rings is 1. The van der Waals surface area contributed by atoms with Crippen molar-refractivity contribution in [3.8, 4) is 0 Å². The van der Waals surface area contributed by atoms with Gasteiger partial charge >= 0.3 is 0 Å². The molecule has 0 bridgehead atoms. The highest BCUT2D eigenvalue weighted by Gasteiger charge is 2.15. The quantitative estimate of drug-likeness (QED) is 0.560. The molecule has 170 valence electrons. The molecular weight excluding hydrogens is 421 g/mol. The highest BCUT2D eigenvalue weighted by Crippen LogP contribution is 2.21. The van der Waals surface area contributed by atoms with Crippen LogP contribution in [0.25, 0.3) is 23.2 Å². The van der Waals surface area contributed by atoms with Gasteiger partial charge in [0.1, 0.15) is 11.5 Å². The Morgan fingerprint density at radius 2 is 1.91 bits per heavy atom. The molecule has 0 unspecified atom stereocenters. The fourth-order valence-corrected chi connectivity index (χ4v) is 4.05. The Labute approximate surface area is 191 Å². The number of hydrogen-bond donors (Lipinski definition) is 1. The number of pyridine rings is 1. The first-order chi connectivity index (χ1) is 16.0. The summed E-state index contributed by atoms with van der Waals surface area (Å²) in [6.45, 7) is 9.90. The van der Waals surface area contributed by atoms with Crippen LogP contribution < -0.4 is 10.9 Å². The second-order valence-electron chi connectivity index (χ2n) is 8.08. The van der Waals surface area contributed by atoms with Crippen molar-refractivity contribution in [2.75, 3.05) is 13.1 Å². The summed E-state index contributed by atoms with van der Waals surface area (Å²) in [4.78, 5) is 35.3. The maximum atomic E-state index is 14.5. The fraction of sp³-hybridized carbons (Fsp3) is 0.280. The smallest absolute Gasteiger partial charge is 0.270 e. The van der Waals surface area contributed by atoms with Crippen LogP contribution in [-0.4, -0.2) is 38.4 Å². The van der Waals surface area contributed by atoms with E-state index in [0.29, 0.717) is 17.6 Å². The first-order valence-electron chi connectivity index (χ1n) is 11.0. The van der Waals surface area contributed by atoms with Crippen LogP contribution in [0.2, 0.25) is 0 Å². The number of halogens is 1. The molecule has 0 spiro atoms. The Morgan fingerprint density at radius 3 is 2.64 bits per heavy atom. The van der Waals surface area contributed by atoms with E-state index in [1.165, 1.54) is 23.3 Å². The molecule has 7 nitrogen and oxygen atoms in total. The van der Waals surface area contributed by atoms with Gasteiger partial charge in [-0.05, 0) is 55.8 Å². The molecule has 1 fully saturated rings. The van der Waals surface area contributed by atoms with E-state index >= 15 is 0 Å². The van der Waals surface area contributed by atoms with Gasteiger partial charge in [-0.3, -0.25) is 19.1 Å². The van der Waals surface area contributed by atoms with Crippen molar-refractivity contribution in [3.05, 3.63) is 82.4 Å². The van der Waals surface area contributed by atoms with E-state index in [4.69, 9.17) is 0 Å². The zero-order valence-electron chi connectivity index (χ0n) is 18.4. The van der Waals surface area contributed by atoms with E-state index in [0.717, 1.165) is 42.9 Å². The average Bonchev–Trinajstić information content (AvgIpc) is 2.83. The number of rotatable bonds is 7. The monoisotopic (exact) mass is 447 g/mol. The molecule has 2 aromatic heterocycles. The normalized spacial score (nSPS) is 14.2. The fourth-order valence-electron chi connectivity index (χ4n) is 4.05. The molecule has 1 N–H and O–H groups in total. The molecule has 1 aliphatic heterocycles. The number of nitrogens with zero attached hydrogens (tertiary/aromatic N) is 4. The highest BCUT2D eigenvalue weighted by atomic mass is 19.1. The SMILES string of the molecule is C=Cc1nc(C(=O)NCc2ccc3nc(F)c(CN4CCCCC4)cc3c2)cc(=O)n1C=C. The molecule has 1 aliphatic rings. The summed E-state index contributed by atoms with van der Waals surface area (Å²) in [7, 11) is 0. The molecule has 33 heavy (non-hydrogen) atoms. The van der Waals surface area contributed by atoms with Crippen molar-refractivity contribution in [2.24, 2.45) is 0 Å². The summed E-state index contributed by atoms with van der Waals surface area (Å²) >= 11 is 0. The lowest BCUT2D eigenvalue weighted by atomic mass is 10.1. The summed E-state index contributed by atoms with van der Waals surface area (Å²) in [5.74, 6) is -0.676. The van der Waals surface area contributed by atoms with Gasteiger partial charge in [-0.15, -0.1) is 0 Å². The summed E-state index contributed by atoms with van der Waals surface area (Å²) in [6, 6.07) is 8.41. The predicted molar refractivity (Wildman–Crippen MR) is 127 cm³/mol. The molecule has 0 radical (unpaired) electrons. The van der Waals surface area contributed by atoms with Crippen LogP contribution in [0.1, 0.15) is 46.7 Å². The molecule has 1 aromatic carbocycles. The van der Waals surface area contributed by atoms with Crippen molar-refractivity contribution >= 4 is 29.1 Å². The highest BCUT2D eigenvalue weighted by molar-refractivity contribution is 5.92. The van der Waals surface area contributed by atoms with Gasteiger partial charge in [-0.25, -0.2) is 9.97 Å². The van der Waals surface area contributed by atoms with E-state index in [-0.39, 0.29) is 18.1 Å². The van der Waals surface area contributed by atoms with E-state index < -0.39 is 17.4 Å². The minimum absolute atomic E-state index is 0.00125. The number of benzene rings is 1. The maximum Gasteiger partial charge on any atom is 0.270 e. The van der Waals surface area contributed by atoms with Gasteiger partial charge in [0.2, 0.25) is 5.95 Å². The van der Waals surface area contributed by atoms with Gasteiger partial charge in [-0.2, -0.15) is 4.39 Å². The van der Waals surface area contributed by atoms with E-state index in [2.05, 4.69) is 33.3 Å². The molecule has 4 rings (SSSR count). The van der Waals surface area contributed by atoms with Gasteiger partial charge in [0.15, 0.2) is 0 Å². The molecule has 3 aromatic rings. The number of aromatic nitrogens is 3. The Morgan fingerprint density at radius 1 is 1.12 bits per heavy atom. The number of likely N-dealkylation sites (tertiary alicyclic amines) is 1. The van der Waals surface area contributed by atoms with Crippen LogP contribution >= 0.6 is 0 Å². The third-order valence-corrected chi connectivity index (χ3v) is 5.78. The molecule has 0 saturated carbocycles. The zero-order chi connectivity index (χ0) is 23.4. The lowest BCUT2D eigenvalue weighted by Gasteiger charge is -2.26. The van der Waals surface area contributed by atoms with Gasteiger partial charge < -0.3 is 5.32 Å². The Balaban J connectivity index is 1.50. The summed E-state index contributed by atoms with van der Waals surface area (Å²) < 4.78 is 15.7. The number of carbonyl (C=O) groups excluding carboxylic acids is 1. The van der Waals surface area contributed by atoms with E-state index in [9.17, 15) is 14.0 Å². The Kier molecular flexibility index (Phi) is 6.74. The molecular formula is C25H26FN5O2. The molecule has 0 atom stereocenters. The first-order valence-corrected chi connectivity index (χ1v) is 11.0. The first kappa shape index (κ1) is 22.5. The van der Waals surface area contributed by atoms with Crippen LogP contribution in [-0.2, 0) is 13.1 Å². The van der Waals surface area contributed by atoms with Crippen molar-refractivity contribution in [1.82, 2.24) is 24.8 Å². The van der Waals surface area contributed by atoms with Gasteiger partial charge in [0.25, 0.3) is 11.5 Å². The Bertz CT molecular complexity index is 1280. The van der Waals surface area contributed by atoms with Crippen LogP contribution in [0.4, 0.5) is 4.39 Å². The number of nitrogens with one attached hydrogen (secondary N) is 1. The van der Waals surface area contributed by atoms with Crippen molar-refractivity contribution in [2.45, 2.75) is 32.4 Å². The number of amides is 1. The lowest BCUT2D eigenvalue weighted by Crippen LogP contribution is -2.29. The topological polar surface area (TPSA) is 80.1 Å². The van der Waals surface area contributed by atoms with Crippen molar-refractivity contribution in [1.29, 1.82) is 0 Å². The van der Waals surface area contributed by atoms with Crippen molar-refractivity contribution < 1.29 is 9.18 Å². The second kappa shape index (κ2) is 9.87. The average molecular weight is 448 g/mol. The Hall–Kier alpha value is -3.65. The van der Waals surface area contributed by atoms with Crippen LogP contribution in [0.3, 0.4) is 0 Å². The molecule has 3 heterocycles. The number of carbonyl (C=O) groups is 1. The van der Waals surface area contributed by atoms with Gasteiger partial charge in [-0.1, -0.05) is 25.6 Å². The minimum Gasteiger partial charge on any atom is -0.347 e. The second-order valence-corrected chi connectivity index (χ2v) is 8.08. The zero-order valence-corrected chi connectivity index (χ0v) is 18.4. The third-order valence-electron chi connectivity index (χ3n) is 5.78. The van der Waals surface area contributed by atoms with Gasteiger partial charge in [0.05, 0.1) is 5.52 Å². The molecule has 1 amide bonds. The largest absolute Gasteiger partial charge is 0.347 e. The molecule has 1 saturated heterocycles. The van der Waals surface area contributed by atoms with Crippen LogP contribution in [0.5, 0.6) is 0 Å². The lowest BCUT2D eigenvalue weighted by molar-refractivity contribution is 0.0945. The summed E-state index contributed by atoms with van der Waals surface area (Å²) in [5.41, 5.74) is 1.56. The predicted octanol–water partition coefficient (Wildman–Crippen LogP) is 3.59. The standard InChI is InChI=1S/C25H26FN5O2/c1-3-22-28-21(14-23(32)31(22)4-2)25(33)27-15-17-8-9-20-18(12-17)13-19(24(26)29-20)16-30-10-6-5-7-11-30/h3-4,8-9,12-14H,1-2,5-7,10-11,15-16H2,(H,27,33). The van der Waals surface area contributed by atoms with Crippen LogP contribution in [0, 0.1) is 5.95 Å². The van der Waals surface area contributed by atoms with Crippen molar-refractivity contribution in [3.63, 3.8) is 0 Å². The maximum absolute atomic E-state index is 14.5. The summed E-state index contributed by atoms with van der Waals surface area (Å²) in [6.07, 6.45) is 6.20. The summed E-state index contributed by atoms with van der Waals surface area (Å²) in [5, 5.41) is 3.59.